The van der Waals surface area contributed by atoms with Crippen molar-refractivity contribution in [1.82, 2.24) is 14.8 Å². The van der Waals surface area contributed by atoms with Crippen molar-refractivity contribution < 1.29 is 9.59 Å². The Morgan fingerprint density at radius 3 is 2.92 bits per heavy atom. The first-order chi connectivity index (χ1) is 12.5. The molecule has 0 bridgehead atoms. The minimum atomic E-state index is -0.0291. The average molecular weight is 359 g/mol. The van der Waals surface area contributed by atoms with E-state index >= 15 is 0 Å². The number of pyridine rings is 1. The number of aromatic nitrogens is 1. The van der Waals surface area contributed by atoms with Crippen LogP contribution >= 0.6 is 0 Å². The van der Waals surface area contributed by atoms with Gasteiger partial charge in [-0.25, -0.2) is 4.98 Å². The van der Waals surface area contributed by atoms with E-state index in [0.29, 0.717) is 24.4 Å². The number of amides is 2. The van der Waals surface area contributed by atoms with E-state index in [1.807, 2.05) is 11.0 Å². The Hall–Kier alpha value is -2.15. The minimum Gasteiger partial charge on any atom is -0.356 e. The van der Waals surface area contributed by atoms with Gasteiger partial charge in [0.15, 0.2) is 0 Å². The third kappa shape index (κ3) is 3.67. The van der Waals surface area contributed by atoms with Gasteiger partial charge in [0.25, 0.3) is 5.91 Å². The molecule has 0 unspecified atom stereocenters. The fourth-order valence-electron chi connectivity index (χ4n) is 4.15. The maximum Gasteiger partial charge on any atom is 0.257 e. The zero-order valence-electron chi connectivity index (χ0n) is 15.7. The number of carbonyl (C=O) groups excluding carboxylic acids is 2. The van der Waals surface area contributed by atoms with E-state index in [-0.39, 0.29) is 17.9 Å². The predicted octanol–water partition coefficient (Wildman–Crippen LogP) is 0.950. The number of hydrogen-bond acceptors (Lipinski definition) is 5. The molecule has 26 heavy (non-hydrogen) atoms. The standard InChI is InChI=1S/C19H29N5O2/c1-22(2)19(26)15-5-3-10-21-18(15)23-12-8-16-14(13-23)6-7-17(25)24(16)11-4-9-20/h3,5,10,14,16H,4,6-9,11-13,20H2,1-2H3/t14-,16+/m0/s1. The monoisotopic (exact) mass is 359 g/mol. The van der Waals surface area contributed by atoms with Crippen LogP contribution in [0.2, 0.25) is 0 Å². The van der Waals surface area contributed by atoms with Crippen LogP contribution in [0.5, 0.6) is 0 Å². The van der Waals surface area contributed by atoms with Gasteiger partial charge in [-0.2, -0.15) is 0 Å². The molecule has 0 aliphatic carbocycles. The number of hydrogen-bond donors (Lipinski definition) is 1. The number of fused-ring (bicyclic) bond motifs is 1. The van der Waals surface area contributed by atoms with E-state index < -0.39 is 0 Å². The number of nitrogens with zero attached hydrogens (tertiary/aromatic N) is 4. The van der Waals surface area contributed by atoms with Gasteiger partial charge >= 0.3 is 0 Å². The topological polar surface area (TPSA) is 82.8 Å². The van der Waals surface area contributed by atoms with E-state index in [2.05, 4.69) is 9.88 Å². The van der Waals surface area contributed by atoms with Gasteiger partial charge in [-0.3, -0.25) is 9.59 Å². The van der Waals surface area contributed by atoms with E-state index in [0.717, 1.165) is 44.7 Å². The van der Waals surface area contributed by atoms with Gasteiger partial charge in [0.1, 0.15) is 5.82 Å². The number of piperidine rings is 2. The van der Waals surface area contributed by atoms with Crippen molar-refractivity contribution in [2.24, 2.45) is 11.7 Å². The van der Waals surface area contributed by atoms with Crippen LogP contribution in [-0.2, 0) is 4.79 Å². The molecule has 2 saturated heterocycles. The van der Waals surface area contributed by atoms with Crippen molar-refractivity contribution in [3.63, 3.8) is 0 Å². The summed E-state index contributed by atoms with van der Waals surface area (Å²) >= 11 is 0. The fourth-order valence-corrected chi connectivity index (χ4v) is 4.15. The molecule has 142 valence electrons. The molecule has 2 aliphatic heterocycles. The van der Waals surface area contributed by atoms with Gasteiger partial charge in [-0.1, -0.05) is 0 Å². The second-order valence-corrected chi connectivity index (χ2v) is 7.40. The Kier molecular flexibility index (Phi) is 5.76. The number of nitrogens with two attached hydrogens (primary N) is 1. The SMILES string of the molecule is CN(C)C(=O)c1cccnc1N1CC[C@@H]2[C@@H](CCC(=O)N2CCCN)C1. The number of rotatable bonds is 5. The molecule has 2 N–H and O–H groups in total. The third-order valence-corrected chi connectivity index (χ3v) is 5.47. The molecule has 0 spiro atoms. The molecule has 2 atom stereocenters. The Morgan fingerprint density at radius 2 is 2.19 bits per heavy atom. The van der Waals surface area contributed by atoms with Crippen molar-refractivity contribution in [2.75, 3.05) is 45.2 Å². The molecular weight excluding hydrogens is 330 g/mol. The molecule has 7 heteroatoms. The Morgan fingerprint density at radius 1 is 1.38 bits per heavy atom. The van der Waals surface area contributed by atoms with Gasteiger partial charge < -0.3 is 20.4 Å². The van der Waals surface area contributed by atoms with E-state index in [1.54, 1.807) is 31.3 Å². The minimum absolute atomic E-state index is 0.0291. The highest BCUT2D eigenvalue weighted by atomic mass is 16.2. The molecule has 1 aromatic heterocycles. The Balaban J connectivity index is 1.77. The summed E-state index contributed by atoms with van der Waals surface area (Å²) in [5.41, 5.74) is 6.28. The predicted molar refractivity (Wildman–Crippen MR) is 101 cm³/mol. The van der Waals surface area contributed by atoms with Crippen LogP contribution < -0.4 is 10.6 Å². The van der Waals surface area contributed by atoms with Crippen LogP contribution in [-0.4, -0.2) is 72.9 Å². The summed E-state index contributed by atoms with van der Waals surface area (Å²) in [6.07, 6.45) is 5.01. The normalized spacial score (nSPS) is 23.0. The van der Waals surface area contributed by atoms with Crippen LogP contribution in [0.3, 0.4) is 0 Å². The zero-order valence-corrected chi connectivity index (χ0v) is 15.7. The molecule has 3 rings (SSSR count). The first-order valence-corrected chi connectivity index (χ1v) is 9.44. The second kappa shape index (κ2) is 8.03. The van der Waals surface area contributed by atoms with Gasteiger partial charge in [-0.05, 0) is 43.9 Å². The lowest BCUT2D eigenvalue weighted by molar-refractivity contribution is -0.139. The van der Waals surface area contributed by atoms with Crippen LogP contribution in [0.15, 0.2) is 18.3 Å². The molecular formula is C19H29N5O2. The average Bonchev–Trinajstić information content (AvgIpc) is 2.66. The first kappa shape index (κ1) is 18.6. The third-order valence-electron chi connectivity index (χ3n) is 5.47. The van der Waals surface area contributed by atoms with Crippen molar-refractivity contribution in [3.8, 4) is 0 Å². The summed E-state index contributed by atoms with van der Waals surface area (Å²) in [4.78, 5) is 35.2. The highest BCUT2D eigenvalue weighted by Crippen LogP contribution is 2.33. The van der Waals surface area contributed by atoms with E-state index in [1.165, 1.54) is 0 Å². The van der Waals surface area contributed by atoms with E-state index in [9.17, 15) is 9.59 Å². The van der Waals surface area contributed by atoms with Crippen LogP contribution in [0, 0.1) is 5.92 Å². The van der Waals surface area contributed by atoms with Crippen LogP contribution in [0.25, 0.3) is 0 Å². The molecule has 2 amide bonds. The smallest absolute Gasteiger partial charge is 0.257 e. The lowest BCUT2D eigenvalue weighted by Crippen LogP contribution is -2.56. The van der Waals surface area contributed by atoms with Crippen LogP contribution in [0.1, 0.15) is 36.0 Å². The molecule has 3 heterocycles. The zero-order chi connectivity index (χ0) is 18.7. The summed E-state index contributed by atoms with van der Waals surface area (Å²) < 4.78 is 0. The molecule has 0 aromatic carbocycles. The number of anilines is 1. The van der Waals surface area contributed by atoms with Gasteiger partial charge in [0, 0.05) is 52.4 Å². The fraction of sp³-hybridized carbons (Fsp3) is 0.632. The van der Waals surface area contributed by atoms with Crippen molar-refractivity contribution >= 4 is 17.6 Å². The molecule has 2 fully saturated rings. The quantitative estimate of drug-likeness (QED) is 0.846. The summed E-state index contributed by atoms with van der Waals surface area (Å²) in [6, 6.07) is 3.94. The molecule has 1 aromatic rings. The van der Waals surface area contributed by atoms with Gasteiger partial charge in [-0.15, -0.1) is 0 Å². The molecule has 0 radical (unpaired) electrons. The summed E-state index contributed by atoms with van der Waals surface area (Å²) in [5.74, 6) is 1.41. The second-order valence-electron chi connectivity index (χ2n) is 7.40. The van der Waals surface area contributed by atoms with Crippen LogP contribution in [0.4, 0.5) is 5.82 Å². The highest BCUT2D eigenvalue weighted by Gasteiger charge is 2.39. The highest BCUT2D eigenvalue weighted by molar-refractivity contribution is 5.98. The molecule has 0 saturated carbocycles. The molecule has 2 aliphatic rings. The van der Waals surface area contributed by atoms with Gasteiger partial charge in [0.05, 0.1) is 5.56 Å². The maximum atomic E-state index is 12.5. The Bertz CT molecular complexity index is 663. The molecule has 7 nitrogen and oxygen atoms in total. The lowest BCUT2D eigenvalue weighted by Gasteiger charge is -2.47. The Labute approximate surface area is 155 Å². The number of likely N-dealkylation sites (tertiary alicyclic amines) is 1. The summed E-state index contributed by atoms with van der Waals surface area (Å²) in [7, 11) is 3.51. The van der Waals surface area contributed by atoms with Gasteiger partial charge in [0.2, 0.25) is 5.91 Å². The summed E-state index contributed by atoms with van der Waals surface area (Å²) in [6.45, 7) is 3.00. The van der Waals surface area contributed by atoms with Crippen molar-refractivity contribution in [2.45, 2.75) is 31.7 Å². The maximum absolute atomic E-state index is 12.5. The van der Waals surface area contributed by atoms with Crippen molar-refractivity contribution in [3.05, 3.63) is 23.9 Å². The van der Waals surface area contributed by atoms with E-state index in [4.69, 9.17) is 5.73 Å². The largest absolute Gasteiger partial charge is 0.356 e. The summed E-state index contributed by atoms with van der Waals surface area (Å²) in [5, 5.41) is 0. The van der Waals surface area contributed by atoms with Crippen molar-refractivity contribution in [1.29, 1.82) is 0 Å². The lowest BCUT2D eigenvalue weighted by atomic mass is 9.83. The first-order valence-electron chi connectivity index (χ1n) is 9.44. The number of carbonyl (C=O) groups is 2.